The highest BCUT2D eigenvalue weighted by molar-refractivity contribution is 5.69. The Kier molecular flexibility index (Phi) is 8.11. The van der Waals surface area contributed by atoms with Crippen molar-refractivity contribution < 1.29 is 14.3 Å². The molecule has 1 heterocycles. The Hall–Kier alpha value is -0.570. The normalized spacial score (nSPS) is 23.1. The van der Waals surface area contributed by atoms with Gasteiger partial charge in [0.15, 0.2) is 0 Å². The summed E-state index contributed by atoms with van der Waals surface area (Å²) in [5.41, 5.74) is 0. The Morgan fingerprint density at radius 3 is 2.53 bits per heavy atom. The third-order valence-electron chi connectivity index (χ3n) is 3.87. The molecular formula is C16H30O3. The average molecular weight is 270 g/mol. The molecule has 0 saturated carbocycles. The topological polar surface area (TPSA) is 38.8 Å². The Balaban J connectivity index is 2.09. The third kappa shape index (κ3) is 6.95. The van der Waals surface area contributed by atoms with Gasteiger partial charge in [-0.15, -0.1) is 0 Å². The summed E-state index contributed by atoms with van der Waals surface area (Å²) in [4.78, 5) is 11.7. The SMILES string of the molecule is CCCCC(CCC)COC(=O)CCC1OC1CC. The van der Waals surface area contributed by atoms with Crippen molar-refractivity contribution in [3.05, 3.63) is 0 Å². The molecule has 1 aliphatic heterocycles. The van der Waals surface area contributed by atoms with E-state index in [9.17, 15) is 4.79 Å². The Morgan fingerprint density at radius 2 is 1.95 bits per heavy atom. The van der Waals surface area contributed by atoms with Crippen molar-refractivity contribution in [3.8, 4) is 0 Å². The maximum atomic E-state index is 11.7. The molecule has 0 spiro atoms. The highest BCUT2D eigenvalue weighted by Gasteiger charge is 2.36. The van der Waals surface area contributed by atoms with Crippen LogP contribution in [0.3, 0.4) is 0 Å². The van der Waals surface area contributed by atoms with Crippen LogP contribution in [-0.4, -0.2) is 24.8 Å². The van der Waals surface area contributed by atoms with Gasteiger partial charge in [0.05, 0.1) is 18.8 Å². The Labute approximate surface area is 118 Å². The molecule has 0 amide bonds. The minimum Gasteiger partial charge on any atom is -0.465 e. The van der Waals surface area contributed by atoms with E-state index in [4.69, 9.17) is 9.47 Å². The minimum absolute atomic E-state index is 0.0528. The summed E-state index contributed by atoms with van der Waals surface area (Å²) in [6.07, 6.45) is 9.04. The first-order valence-corrected chi connectivity index (χ1v) is 8.02. The van der Waals surface area contributed by atoms with Crippen LogP contribution in [0.15, 0.2) is 0 Å². The fourth-order valence-corrected chi connectivity index (χ4v) is 2.55. The smallest absolute Gasteiger partial charge is 0.305 e. The maximum absolute atomic E-state index is 11.7. The van der Waals surface area contributed by atoms with Crippen LogP contribution in [0, 0.1) is 5.92 Å². The standard InChI is InChI=1S/C16H30O3/c1-4-7-9-13(8-5-2)12-18-16(17)11-10-15-14(6-3)19-15/h13-15H,4-12H2,1-3H3. The molecule has 0 aromatic heterocycles. The molecule has 1 aliphatic rings. The molecule has 0 bridgehead atoms. The lowest BCUT2D eigenvalue weighted by Gasteiger charge is -2.15. The second kappa shape index (κ2) is 9.35. The van der Waals surface area contributed by atoms with Crippen molar-refractivity contribution in [2.45, 2.75) is 84.3 Å². The van der Waals surface area contributed by atoms with E-state index >= 15 is 0 Å². The number of hydrogen-bond acceptors (Lipinski definition) is 3. The number of esters is 1. The van der Waals surface area contributed by atoms with Crippen LogP contribution >= 0.6 is 0 Å². The van der Waals surface area contributed by atoms with E-state index in [-0.39, 0.29) is 5.97 Å². The number of hydrogen-bond donors (Lipinski definition) is 0. The van der Waals surface area contributed by atoms with Gasteiger partial charge in [0.2, 0.25) is 0 Å². The molecule has 3 atom stereocenters. The van der Waals surface area contributed by atoms with E-state index < -0.39 is 0 Å². The summed E-state index contributed by atoms with van der Waals surface area (Å²) in [7, 11) is 0. The lowest BCUT2D eigenvalue weighted by atomic mass is 9.98. The number of epoxide rings is 1. The molecular weight excluding hydrogens is 240 g/mol. The second-order valence-electron chi connectivity index (χ2n) is 5.64. The average Bonchev–Trinajstić information content (AvgIpc) is 3.18. The lowest BCUT2D eigenvalue weighted by molar-refractivity contribution is -0.145. The van der Waals surface area contributed by atoms with Crippen molar-refractivity contribution in [2.75, 3.05) is 6.61 Å². The number of ether oxygens (including phenoxy) is 2. The van der Waals surface area contributed by atoms with Gasteiger partial charge in [-0.3, -0.25) is 4.79 Å². The highest BCUT2D eigenvalue weighted by atomic mass is 16.6. The summed E-state index contributed by atoms with van der Waals surface area (Å²) < 4.78 is 10.8. The molecule has 1 rings (SSSR count). The molecule has 3 nitrogen and oxygen atoms in total. The summed E-state index contributed by atoms with van der Waals surface area (Å²) in [6, 6.07) is 0. The summed E-state index contributed by atoms with van der Waals surface area (Å²) in [5, 5.41) is 0. The van der Waals surface area contributed by atoms with Gasteiger partial charge in [-0.05, 0) is 31.6 Å². The van der Waals surface area contributed by atoms with Gasteiger partial charge >= 0.3 is 5.97 Å². The fourth-order valence-electron chi connectivity index (χ4n) is 2.55. The summed E-state index contributed by atoms with van der Waals surface area (Å²) in [6.45, 7) is 7.12. The molecule has 19 heavy (non-hydrogen) atoms. The fraction of sp³-hybridized carbons (Fsp3) is 0.938. The number of unbranched alkanes of at least 4 members (excludes halogenated alkanes) is 1. The van der Waals surface area contributed by atoms with Crippen molar-refractivity contribution >= 4 is 5.97 Å². The van der Waals surface area contributed by atoms with Crippen LogP contribution in [-0.2, 0) is 14.3 Å². The van der Waals surface area contributed by atoms with Crippen molar-refractivity contribution in [3.63, 3.8) is 0 Å². The van der Waals surface area contributed by atoms with Gasteiger partial charge in [-0.25, -0.2) is 0 Å². The van der Waals surface area contributed by atoms with Gasteiger partial charge in [-0.1, -0.05) is 40.0 Å². The minimum atomic E-state index is -0.0528. The molecule has 1 saturated heterocycles. The van der Waals surface area contributed by atoms with Crippen LogP contribution < -0.4 is 0 Å². The second-order valence-corrected chi connectivity index (χ2v) is 5.64. The third-order valence-corrected chi connectivity index (χ3v) is 3.87. The quantitative estimate of drug-likeness (QED) is 0.419. The number of carbonyl (C=O) groups excluding carboxylic acids is 1. The van der Waals surface area contributed by atoms with Crippen LogP contribution in [0.1, 0.15) is 72.1 Å². The van der Waals surface area contributed by atoms with Crippen molar-refractivity contribution in [2.24, 2.45) is 5.92 Å². The van der Waals surface area contributed by atoms with Gasteiger partial charge in [0.1, 0.15) is 0 Å². The molecule has 3 unspecified atom stereocenters. The largest absolute Gasteiger partial charge is 0.465 e. The first kappa shape index (κ1) is 16.5. The molecule has 0 N–H and O–H groups in total. The molecule has 112 valence electrons. The number of carbonyl (C=O) groups is 1. The highest BCUT2D eigenvalue weighted by Crippen LogP contribution is 2.29. The van der Waals surface area contributed by atoms with E-state index in [2.05, 4.69) is 20.8 Å². The molecule has 0 aromatic rings. The zero-order valence-electron chi connectivity index (χ0n) is 12.8. The molecule has 3 heteroatoms. The lowest BCUT2D eigenvalue weighted by Crippen LogP contribution is -2.15. The predicted octanol–water partition coefficient (Wildman–Crippen LogP) is 4.09. The van der Waals surface area contributed by atoms with Crippen LogP contribution in [0.25, 0.3) is 0 Å². The van der Waals surface area contributed by atoms with Crippen LogP contribution in [0.2, 0.25) is 0 Å². The zero-order valence-corrected chi connectivity index (χ0v) is 12.8. The summed E-state index contributed by atoms with van der Waals surface area (Å²) in [5.74, 6) is 0.498. The molecule has 0 aromatic carbocycles. The predicted molar refractivity (Wildman–Crippen MR) is 77.1 cm³/mol. The van der Waals surface area contributed by atoms with Gasteiger partial charge in [0.25, 0.3) is 0 Å². The van der Waals surface area contributed by atoms with E-state index in [0.717, 1.165) is 19.3 Å². The first-order valence-electron chi connectivity index (χ1n) is 8.02. The van der Waals surface area contributed by atoms with Gasteiger partial charge < -0.3 is 9.47 Å². The monoisotopic (exact) mass is 270 g/mol. The molecule has 0 aliphatic carbocycles. The van der Waals surface area contributed by atoms with E-state index in [0.29, 0.717) is 31.2 Å². The van der Waals surface area contributed by atoms with Crippen molar-refractivity contribution in [1.29, 1.82) is 0 Å². The van der Waals surface area contributed by atoms with E-state index in [1.165, 1.54) is 25.7 Å². The number of rotatable bonds is 11. The summed E-state index contributed by atoms with van der Waals surface area (Å²) >= 11 is 0. The van der Waals surface area contributed by atoms with E-state index in [1.807, 2.05) is 0 Å². The van der Waals surface area contributed by atoms with Crippen LogP contribution in [0.4, 0.5) is 0 Å². The van der Waals surface area contributed by atoms with Crippen LogP contribution in [0.5, 0.6) is 0 Å². The first-order chi connectivity index (χ1) is 9.21. The Bertz CT molecular complexity index is 252. The van der Waals surface area contributed by atoms with Gasteiger partial charge in [0, 0.05) is 6.42 Å². The van der Waals surface area contributed by atoms with Crippen molar-refractivity contribution in [1.82, 2.24) is 0 Å². The van der Waals surface area contributed by atoms with E-state index in [1.54, 1.807) is 0 Å². The molecule has 0 radical (unpaired) electrons. The maximum Gasteiger partial charge on any atom is 0.305 e. The Morgan fingerprint density at radius 1 is 1.16 bits per heavy atom. The van der Waals surface area contributed by atoms with Gasteiger partial charge in [-0.2, -0.15) is 0 Å². The zero-order chi connectivity index (χ0) is 14.1. The molecule has 1 fully saturated rings.